The fourth-order valence-corrected chi connectivity index (χ4v) is 2.11. The van der Waals surface area contributed by atoms with Gasteiger partial charge in [-0.1, -0.05) is 24.3 Å². The van der Waals surface area contributed by atoms with Gasteiger partial charge >= 0.3 is 0 Å². The molecule has 0 saturated heterocycles. The lowest BCUT2D eigenvalue weighted by Crippen LogP contribution is -2.03. The van der Waals surface area contributed by atoms with E-state index in [0.29, 0.717) is 0 Å². The minimum atomic E-state index is 0.830. The Morgan fingerprint density at radius 1 is 1.12 bits per heavy atom. The summed E-state index contributed by atoms with van der Waals surface area (Å²) in [7, 11) is 0. The smallest absolute Gasteiger partial charge is 0.106 e. The number of pyridine rings is 1. The maximum Gasteiger partial charge on any atom is 0.106 e. The standard InChI is InChI=1S/C14H15BrN2/c1-10-5-3-4-6-12(10)9-16-13-7-8-14(15)17-11(13)2/h3-8,16H,9H2,1-2H3. The lowest BCUT2D eigenvalue weighted by molar-refractivity contribution is 1.08. The highest BCUT2D eigenvalue weighted by molar-refractivity contribution is 9.10. The minimum absolute atomic E-state index is 0.830. The average Bonchev–Trinajstić information content (AvgIpc) is 2.30. The first kappa shape index (κ1) is 12.1. The molecule has 2 aromatic rings. The lowest BCUT2D eigenvalue weighted by atomic mass is 10.1. The number of hydrogen-bond acceptors (Lipinski definition) is 2. The van der Waals surface area contributed by atoms with Gasteiger partial charge in [0.05, 0.1) is 11.4 Å². The average molecular weight is 291 g/mol. The Kier molecular flexibility index (Phi) is 3.79. The molecule has 0 unspecified atom stereocenters. The Morgan fingerprint density at radius 2 is 1.88 bits per heavy atom. The second-order valence-electron chi connectivity index (χ2n) is 4.05. The monoisotopic (exact) mass is 290 g/mol. The van der Waals surface area contributed by atoms with Crippen molar-refractivity contribution in [2.45, 2.75) is 20.4 Å². The maximum absolute atomic E-state index is 4.36. The van der Waals surface area contributed by atoms with Gasteiger partial charge in [0.15, 0.2) is 0 Å². The van der Waals surface area contributed by atoms with Gasteiger partial charge in [0.2, 0.25) is 0 Å². The molecule has 0 aliphatic heterocycles. The van der Waals surface area contributed by atoms with Crippen molar-refractivity contribution in [1.82, 2.24) is 4.98 Å². The van der Waals surface area contributed by atoms with Crippen molar-refractivity contribution in [3.05, 3.63) is 57.8 Å². The van der Waals surface area contributed by atoms with Crippen LogP contribution in [0.15, 0.2) is 41.0 Å². The number of anilines is 1. The topological polar surface area (TPSA) is 24.9 Å². The van der Waals surface area contributed by atoms with Gasteiger partial charge in [-0.25, -0.2) is 4.98 Å². The van der Waals surface area contributed by atoms with Crippen molar-refractivity contribution in [3.8, 4) is 0 Å². The predicted octanol–water partition coefficient (Wildman–Crippen LogP) is 4.07. The molecule has 3 heteroatoms. The Morgan fingerprint density at radius 3 is 2.59 bits per heavy atom. The fourth-order valence-electron chi connectivity index (χ4n) is 1.72. The molecule has 0 saturated carbocycles. The fraction of sp³-hybridized carbons (Fsp3) is 0.214. The van der Waals surface area contributed by atoms with E-state index in [9.17, 15) is 0 Å². The molecule has 1 heterocycles. The predicted molar refractivity (Wildman–Crippen MR) is 75.2 cm³/mol. The molecule has 2 nitrogen and oxygen atoms in total. The van der Waals surface area contributed by atoms with Crippen molar-refractivity contribution in [2.24, 2.45) is 0 Å². The van der Waals surface area contributed by atoms with Gasteiger partial charge in [0.1, 0.15) is 4.60 Å². The number of halogens is 1. The van der Waals surface area contributed by atoms with Gasteiger partial charge in [0.25, 0.3) is 0 Å². The summed E-state index contributed by atoms with van der Waals surface area (Å²) >= 11 is 3.37. The van der Waals surface area contributed by atoms with E-state index in [1.165, 1.54) is 11.1 Å². The molecule has 2 rings (SSSR count). The number of benzene rings is 1. The number of aryl methyl sites for hydroxylation is 2. The molecule has 0 radical (unpaired) electrons. The summed E-state index contributed by atoms with van der Waals surface area (Å²) in [6.45, 7) is 4.96. The molecule has 0 aliphatic carbocycles. The van der Waals surface area contributed by atoms with E-state index in [2.05, 4.69) is 57.4 Å². The summed E-state index contributed by atoms with van der Waals surface area (Å²) in [5.41, 5.74) is 4.71. The van der Waals surface area contributed by atoms with Gasteiger partial charge in [-0.05, 0) is 53.0 Å². The Hall–Kier alpha value is -1.35. The highest BCUT2D eigenvalue weighted by Crippen LogP contribution is 2.17. The van der Waals surface area contributed by atoms with Gasteiger partial charge in [-0.2, -0.15) is 0 Å². The summed E-state index contributed by atoms with van der Waals surface area (Å²) in [5, 5.41) is 3.41. The summed E-state index contributed by atoms with van der Waals surface area (Å²) < 4.78 is 0.872. The Bertz CT molecular complexity index is 523. The summed E-state index contributed by atoms with van der Waals surface area (Å²) in [6, 6.07) is 12.4. The van der Waals surface area contributed by atoms with E-state index in [1.807, 2.05) is 19.1 Å². The molecule has 0 atom stereocenters. The quantitative estimate of drug-likeness (QED) is 0.862. The van der Waals surface area contributed by atoms with Crippen LogP contribution in [0.4, 0.5) is 5.69 Å². The molecule has 0 amide bonds. The van der Waals surface area contributed by atoms with Crippen LogP contribution in [0.2, 0.25) is 0 Å². The molecule has 1 aromatic heterocycles. The first-order valence-electron chi connectivity index (χ1n) is 5.58. The van der Waals surface area contributed by atoms with Crippen LogP contribution in [0.5, 0.6) is 0 Å². The van der Waals surface area contributed by atoms with Crippen LogP contribution in [0.1, 0.15) is 16.8 Å². The normalized spacial score (nSPS) is 10.3. The molecule has 88 valence electrons. The Labute approximate surface area is 110 Å². The van der Waals surface area contributed by atoms with Crippen LogP contribution in [0.3, 0.4) is 0 Å². The SMILES string of the molecule is Cc1ccccc1CNc1ccc(Br)nc1C. The van der Waals surface area contributed by atoms with Crippen LogP contribution < -0.4 is 5.32 Å². The van der Waals surface area contributed by atoms with Crippen molar-refractivity contribution in [3.63, 3.8) is 0 Å². The van der Waals surface area contributed by atoms with Crippen molar-refractivity contribution < 1.29 is 0 Å². The highest BCUT2D eigenvalue weighted by Gasteiger charge is 2.01. The largest absolute Gasteiger partial charge is 0.379 e. The van der Waals surface area contributed by atoms with E-state index in [4.69, 9.17) is 0 Å². The third kappa shape index (κ3) is 3.07. The second kappa shape index (κ2) is 5.32. The molecular formula is C14H15BrN2. The van der Waals surface area contributed by atoms with Crippen molar-refractivity contribution in [2.75, 3.05) is 5.32 Å². The van der Waals surface area contributed by atoms with Crippen LogP contribution in [0.25, 0.3) is 0 Å². The number of nitrogens with one attached hydrogen (secondary N) is 1. The molecule has 17 heavy (non-hydrogen) atoms. The van der Waals surface area contributed by atoms with E-state index < -0.39 is 0 Å². The maximum atomic E-state index is 4.36. The molecule has 0 fully saturated rings. The number of hydrogen-bond donors (Lipinski definition) is 1. The number of aromatic nitrogens is 1. The molecule has 1 aromatic carbocycles. The van der Waals surface area contributed by atoms with Gasteiger partial charge in [-0.15, -0.1) is 0 Å². The lowest BCUT2D eigenvalue weighted by Gasteiger charge is -2.10. The zero-order chi connectivity index (χ0) is 12.3. The number of nitrogens with zero attached hydrogens (tertiary/aromatic N) is 1. The van der Waals surface area contributed by atoms with Gasteiger partial charge < -0.3 is 5.32 Å². The first-order chi connectivity index (χ1) is 8.16. The van der Waals surface area contributed by atoms with Crippen molar-refractivity contribution in [1.29, 1.82) is 0 Å². The van der Waals surface area contributed by atoms with Crippen LogP contribution in [-0.2, 0) is 6.54 Å². The summed E-state index contributed by atoms with van der Waals surface area (Å²) in [4.78, 5) is 4.36. The molecule has 0 bridgehead atoms. The molecule has 1 N–H and O–H groups in total. The first-order valence-corrected chi connectivity index (χ1v) is 6.37. The zero-order valence-corrected chi connectivity index (χ0v) is 11.6. The van der Waals surface area contributed by atoms with Crippen LogP contribution in [-0.4, -0.2) is 4.98 Å². The van der Waals surface area contributed by atoms with Gasteiger partial charge in [0, 0.05) is 6.54 Å². The summed E-state index contributed by atoms with van der Waals surface area (Å²) in [5.74, 6) is 0. The van der Waals surface area contributed by atoms with E-state index in [0.717, 1.165) is 22.5 Å². The van der Waals surface area contributed by atoms with Crippen LogP contribution >= 0.6 is 15.9 Å². The van der Waals surface area contributed by atoms with Crippen LogP contribution in [0, 0.1) is 13.8 Å². The van der Waals surface area contributed by atoms with Gasteiger partial charge in [-0.3, -0.25) is 0 Å². The summed E-state index contributed by atoms with van der Waals surface area (Å²) in [6.07, 6.45) is 0. The van der Waals surface area contributed by atoms with E-state index >= 15 is 0 Å². The van der Waals surface area contributed by atoms with Crippen molar-refractivity contribution >= 4 is 21.6 Å². The van der Waals surface area contributed by atoms with E-state index in [1.54, 1.807) is 0 Å². The molecule has 0 spiro atoms. The Balaban J connectivity index is 2.10. The highest BCUT2D eigenvalue weighted by atomic mass is 79.9. The zero-order valence-electron chi connectivity index (χ0n) is 10.00. The minimum Gasteiger partial charge on any atom is -0.379 e. The molecular weight excluding hydrogens is 276 g/mol. The number of rotatable bonds is 3. The third-order valence-electron chi connectivity index (χ3n) is 2.78. The third-order valence-corrected chi connectivity index (χ3v) is 3.22. The second-order valence-corrected chi connectivity index (χ2v) is 4.86. The van der Waals surface area contributed by atoms with E-state index in [-0.39, 0.29) is 0 Å². The molecule has 0 aliphatic rings.